The number of likely N-dealkylation sites (tertiary alicyclic amines) is 1. The number of carbonyl (C=O) groups is 2. The lowest BCUT2D eigenvalue weighted by atomic mass is 9.80. The Labute approximate surface area is 187 Å². The zero-order valence-electron chi connectivity index (χ0n) is 19.0. The zero-order chi connectivity index (χ0) is 22.3. The van der Waals surface area contributed by atoms with Crippen molar-refractivity contribution < 1.29 is 14.1 Å². The molecule has 2 aromatic heterocycles. The topological polar surface area (TPSA) is 106 Å². The minimum Gasteiger partial charge on any atom is -0.361 e. The number of aromatic nitrogens is 4. The Kier molecular flexibility index (Phi) is 5.51. The predicted octanol–water partition coefficient (Wildman–Crippen LogP) is 2.81. The van der Waals surface area contributed by atoms with Gasteiger partial charge in [-0.15, -0.1) is 10.2 Å². The molecule has 2 amide bonds. The molecule has 5 rings (SSSR count). The van der Waals surface area contributed by atoms with E-state index in [9.17, 15) is 9.59 Å². The summed E-state index contributed by atoms with van der Waals surface area (Å²) in [5, 5.41) is 15.7. The standard InChI is InChI=1S/C23H32N6O3/c1-15-19(16(2)32-27-15)22(31)28-12-10-23(14-28)9-8-18-25-26-20(29(18)13-11-23)21(30)24-17-6-4-3-5-7-17/h17H,3-14H2,1-2H3,(H,24,30). The Morgan fingerprint density at radius 3 is 2.59 bits per heavy atom. The number of carbonyl (C=O) groups excluding carboxylic acids is 2. The first-order chi connectivity index (χ1) is 15.5. The molecule has 1 aliphatic carbocycles. The fraction of sp³-hybridized carbons (Fsp3) is 0.696. The Morgan fingerprint density at radius 2 is 1.84 bits per heavy atom. The van der Waals surface area contributed by atoms with Crippen LogP contribution in [0.3, 0.4) is 0 Å². The lowest BCUT2D eigenvalue weighted by Gasteiger charge is -2.27. The lowest BCUT2D eigenvalue weighted by Crippen LogP contribution is -2.37. The maximum atomic E-state index is 13.1. The molecule has 2 aliphatic heterocycles. The van der Waals surface area contributed by atoms with E-state index < -0.39 is 0 Å². The monoisotopic (exact) mass is 440 g/mol. The van der Waals surface area contributed by atoms with Gasteiger partial charge in [0.1, 0.15) is 17.1 Å². The van der Waals surface area contributed by atoms with Crippen LogP contribution in [0, 0.1) is 19.3 Å². The molecule has 2 fully saturated rings. The van der Waals surface area contributed by atoms with E-state index in [-0.39, 0.29) is 23.3 Å². The summed E-state index contributed by atoms with van der Waals surface area (Å²) in [5.41, 5.74) is 1.29. The van der Waals surface area contributed by atoms with Crippen LogP contribution in [0.25, 0.3) is 0 Å². The van der Waals surface area contributed by atoms with Crippen LogP contribution >= 0.6 is 0 Å². The van der Waals surface area contributed by atoms with E-state index in [0.29, 0.717) is 29.4 Å². The highest BCUT2D eigenvalue weighted by Gasteiger charge is 2.42. The van der Waals surface area contributed by atoms with Gasteiger partial charge < -0.3 is 19.3 Å². The molecule has 1 spiro atoms. The summed E-state index contributed by atoms with van der Waals surface area (Å²) < 4.78 is 7.21. The van der Waals surface area contributed by atoms with Crippen molar-refractivity contribution in [1.82, 2.24) is 30.1 Å². The summed E-state index contributed by atoms with van der Waals surface area (Å²) >= 11 is 0. The van der Waals surface area contributed by atoms with Gasteiger partial charge >= 0.3 is 0 Å². The second-order valence-corrected chi connectivity index (χ2v) is 9.83. The summed E-state index contributed by atoms with van der Waals surface area (Å²) in [6.45, 7) is 5.77. The van der Waals surface area contributed by atoms with E-state index in [1.807, 2.05) is 16.4 Å². The maximum absolute atomic E-state index is 13.1. The summed E-state index contributed by atoms with van der Waals surface area (Å²) in [6, 6.07) is 0.250. The van der Waals surface area contributed by atoms with Crippen molar-refractivity contribution in [1.29, 1.82) is 0 Å². The highest BCUT2D eigenvalue weighted by Crippen LogP contribution is 2.41. The normalized spacial score (nSPS) is 23.9. The van der Waals surface area contributed by atoms with Crippen molar-refractivity contribution >= 4 is 11.8 Å². The highest BCUT2D eigenvalue weighted by atomic mass is 16.5. The first-order valence-electron chi connectivity index (χ1n) is 11.9. The maximum Gasteiger partial charge on any atom is 0.289 e. The summed E-state index contributed by atoms with van der Waals surface area (Å²) in [6.07, 6.45) is 9.29. The Bertz CT molecular complexity index is 1000. The van der Waals surface area contributed by atoms with Crippen LogP contribution < -0.4 is 5.32 Å². The first kappa shape index (κ1) is 21.2. The van der Waals surface area contributed by atoms with Crippen LogP contribution in [-0.2, 0) is 13.0 Å². The second kappa shape index (κ2) is 8.33. The molecule has 1 saturated heterocycles. The molecule has 1 atom stereocenters. The lowest BCUT2D eigenvalue weighted by molar-refractivity contribution is 0.0764. The van der Waals surface area contributed by atoms with Gasteiger partial charge in [-0.2, -0.15) is 0 Å². The van der Waals surface area contributed by atoms with E-state index in [1.54, 1.807) is 6.92 Å². The Hall–Kier alpha value is -2.71. The molecule has 1 N–H and O–H groups in total. The number of nitrogens with zero attached hydrogens (tertiary/aromatic N) is 5. The number of hydrogen-bond acceptors (Lipinski definition) is 6. The number of amides is 2. The molecular weight excluding hydrogens is 408 g/mol. The van der Waals surface area contributed by atoms with Crippen LogP contribution in [0.1, 0.15) is 89.6 Å². The fourth-order valence-electron chi connectivity index (χ4n) is 5.73. The van der Waals surface area contributed by atoms with E-state index >= 15 is 0 Å². The van der Waals surface area contributed by atoms with Gasteiger partial charge in [-0.05, 0) is 51.4 Å². The van der Waals surface area contributed by atoms with Gasteiger partial charge in [0, 0.05) is 32.1 Å². The second-order valence-electron chi connectivity index (χ2n) is 9.83. The van der Waals surface area contributed by atoms with Gasteiger partial charge in [-0.1, -0.05) is 24.4 Å². The quantitative estimate of drug-likeness (QED) is 0.787. The molecule has 32 heavy (non-hydrogen) atoms. The van der Waals surface area contributed by atoms with Crippen LogP contribution in [0.2, 0.25) is 0 Å². The van der Waals surface area contributed by atoms with Crippen molar-refractivity contribution in [2.75, 3.05) is 13.1 Å². The minimum absolute atomic E-state index is 0.00863. The SMILES string of the molecule is Cc1noc(C)c1C(=O)N1CCC2(CCc3nnc(C(=O)NC4CCCCC4)n3CC2)C1. The molecule has 0 radical (unpaired) electrons. The van der Waals surface area contributed by atoms with Crippen LogP contribution in [0.4, 0.5) is 0 Å². The van der Waals surface area contributed by atoms with Gasteiger partial charge in [0.05, 0.1) is 5.69 Å². The predicted molar refractivity (Wildman–Crippen MR) is 116 cm³/mol. The smallest absolute Gasteiger partial charge is 0.289 e. The third-order valence-corrected chi connectivity index (χ3v) is 7.69. The van der Waals surface area contributed by atoms with Gasteiger partial charge in [0.15, 0.2) is 0 Å². The number of aryl methyl sites for hydroxylation is 3. The first-order valence-corrected chi connectivity index (χ1v) is 11.9. The van der Waals surface area contributed by atoms with Crippen LogP contribution in [0.15, 0.2) is 4.52 Å². The molecule has 0 aromatic carbocycles. The summed E-state index contributed by atoms with van der Waals surface area (Å²) in [4.78, 5) is 28.0. The third kappa shape index (κ3) is 3.82. The fourth-order valence-corrected chi connectivity index (χ4v) is 5.73. The number of hydrogen-bond donors (Lipinski definition) is 1. The molecule has 3 aliphatic rings. The molecule has 9 nitrogen and oxygen atoms in total. The number of nitrogens with one attached hydrogen (secondary N) is 1. The van der Waals surface area contributed by atoms with Crippen molar-refractivity contribution in [2.24, 2.45) is 5.41 Å². The van der Waals surface area contributed by atoms with E-state index in [4.69, 9.17) is 4.52 Å². The van der Waals surface area contributed by atoms with Crippen molar-refractivity contribution in [3.05, 3.63) is 28.7 Å². The zero-order valence-corrected chi connectivity index (χ0v) is 19.0. The molecule has 172 valence electrons. The Balaban J connectivity index is 1.26. The largest absolute Gasteiger partial charge is 0.361 e. The van der Waals surface area contributed by atoms with E-state index in [0.717, 1.165) is 57.4 Å². The van der Waals surface area contributed by atoms with Gasteiger partial charge in [-0.3, -0.25) is 9.59 Å². The van der Waals surface area contributed by atoms with Crippen molar-refractivity contribution in [3.8, 4) is 0 Å². The van der Waals surface area contributed by atoms with E-state index in [1.165, 1.54) is 19.3 Å². The Morgan fingerprint density at radius 1 is 1.06 bits per heavy atom. The molecule has 4 heterocycles. The summed E-state index contributed by atoms with van der Waals surface area (Å²) in [5.74, 6) is 1.80. The molecule has 1 saturated carbocycles. The van der Waals surface area contributed by atoms with Crippen molar-refractivity contribution in [2.45, 2.75) is 84.2 Å². The molecule has 2 aromatic rings. The van der Waals surface area contributed by atoms with Crippen LogP contribution in [0.5, 0.6) is 0 Å². The third-order valence-electron chi connectivity index (χ3n) is 7.69. The average Bonchev–Trinajstić information content (AvgIpc) is 3.45. The van der Waals surface area contributed by atoms with Gasteiger partial charge in [-0.25, -0.2) is 0 Å². The molecule has 1 unspecified atom stereocenters. The summed E-state index contributed by atoms with van der Waals surface area (Å²) in [7, 11) is 0. The minimum atomic E-state index is -0.103. The number of fused-ring (bicyclic) bond motifs is 1. The van der Waals surface area contributed by atoms with E-state index in [2.05, 4.69) is 20.7 Å². The number of rotatable bonds is 3. The highest BCUT2D eigenvalue weighted by molar-refractivity contribution is 5.96. The van der Waals surface area contributed by atoms with Crippen LogP contribution in [-0.4, -0.2) is 55.8 Å². The molecule has 9 heteroatoms. The van der Waals surface area contributed by atoms with Gasteiger partial charge in [0.2, 0.25) is 5.82 Å². The van der Waals surface area contributed by atoms with Gasteiger partial charge in [0.25, 0.3) is 11.8 Å². The molecular formula is C23H32N6O3. The van der Waals surface area contributed by atoms with Crippen molar-refractivity contribution in [3.63, 3.8) is 0 Å². The molecule has 0 bridgehead atoms. The average molecular weight is 441 g/mol.